The van der Waals surface area contributed by atoms with E-state index < -0.39 is 17.9 Å². The summed E-state index contributed by atoms with van der Waals surface area (Å²) < 4.78 is 0. The molecule has 0 aromatic carbocycles. The molecule has 86 valence electrons. The fraction of sp³-hybridized carbons (Fsp3) is 0.400. The number of hydrogen-bond acceptors (Lipinski definition) is 4. The van der Waals surface area contributed by atoms with Gasteiger partial charge in [-0.05, 0) is 20.8 Å². The Labute approximate surface area is 92.7 Å². The Bertz CT molecular complexity index is 431. The first-order valence-electron chi connectivity index (χ1n) is 4.75. The van der Waals surface area contributed by atoms with Crippen LogP contribution in [0.3, 0.4) is 0 Å². The summed E-state index contributed by atoms with van der Waals surface area (Å²) in [5, 5.41) is 11.0. The van der Waals surface area contributed by atoms with Crippen molar-refractivity contribution >= 4 is 11.9 Å². The summed E-state index contributed by atoms with van der Waals surface area (Å²) in [5.74, 6) is -0.994. The summed E-state index contributed by atoms with van der Waals surface area (Å²) in [6.07, 6.45) is 1.39. The number of hydrogen-bond donors (Lipinski definition) is 2. The second kappa shape index (κ2) is 4.69. The van der Waals surface area contributed by atoms with Crippen molar-refractivity contribution in [2.75, 3.05) is 0 Å². The average molecular weight is 223 g/mol. The van der Waals surface area contributed by atoms with Crippen LogP contribution in [-0.4, -0.2) is 33.0 Å². The van der Waals surface area contributed by atoms with Gasteiger partial charge in [0.15, 0.2) is 0 Å². The van der Waals surface area contributed by atoms with Crippen molar-refractivity contribution in [2.24, 2.45) is 0 Å². The number of carbonyl (C=O) groups excluding carboxylic acids is 1. The van der Waals surface area contributed by atoms with Crippen LogP contribution in [0.25, 0.3) is 0 Å². The van der Waals surface area contributed by atoms with E-state index in [0.29, 0.717) is 17.1 Å². The number of aromatic nitrogens is 2. The monoisotopic (exact) mass is 223 g/mol. The number of carboxylic acid groups (broad SMARTS) is 1. The maximum atomic E-state index is 11.6. The van der Waals surface area contributed by atoms with Crippen LogP contribution >= 0.6 is 0 Å². The minimum absolute atomic E-state index is 0.290. The topological polar surface area (TPSA) is 92.2 Å². The Morgan fingerprint density at radius 2 is 2.06 bits per heavy atom. The average Bonchev–Trinajstić information content (AvgIpc) is 2.16. The highest BCUT2D eigenvalue weighted by molar-refractivity contribution is 5.97. The largest absolute Gasteiger partial charge is 0.480 e. The molecule has 1 atom stereocenters. The van der Waals surface area contributed by atoms with Crippen molar-refractivity contribution in [1.29, 1.82) is 0 Å². The molecular weight excluding hydrogens is 210 g/mol. The van der Waals surface area contributed by atoms with E-state index in [1.807, 2.05) is 0 Å². The van der Waals surface area contributed by atoms with E-state index >= 15 is 0 Å². The summed E-state index contributed by atoms with van der Waals surface area (Å²) in [6.45, 7) is 4.79. The molecule has 0 fully saturated rings. The molecule has 6 heteroatoms. The molecule has 1 amide bonds. The van der Waals surface area contributed by atoms with Crippen molar-refractivity contribution in [2.45, 2.75) is 26.8 Å². The first-order valence-corrected chi connectivity index (χ1v) is 4.75. The molecule has 0 radical (unpaired) electrons. The SMILES string of the molecule is Cc1ncc(C(=O)N[C@H](C)C(=O)O)c(C)n1. The van der Waals surface area contributed by atoms with Crippen LogP contribution in [0.1, 0.15) is 28.8 Å². The lowest BCUT2D eigenvalue weighted by molar-refractivity contribution is -0.138. The molecule has 16 heavy (non-hydrogen) atoms. The minimum Gasteiger partial charge on any atom is -0.480 e. The van der Waals surface area contributed by atoms with Crippen LogP contribution in [0, 0.1) is 13.8 Å². The summed E-state index contributed by atoms with van der Waals surface area (Å²) in [4.78, 5) is 30.1. The van der Waals surface area contributed by atoms with E-state index in [9.17, 15) is 9.59 Å². The van der Waals surface area contributed by atoms with Crippen molar-refractivity contribution in [1.82, 2.24) is 15.3 Å². The van der Waals surface area contributed by atoms with Crippen LogP contribution in [0.2, 0.25) is 0 Å². The second-order valence-corrected chi connectivity index (χ2v) is 3.45. The Morgan fingerprint density at radius 1 is 1.44 bits per heavy atom. The van der Waals surface area contributed by atoms with E-state index in [1.165, 1.54) is 13.1 Å². The van der Waals surface area contributed by atoms with Gasteiger partial charge >= 0.3 is 5.97 Å². The Balaban J connectivity index is 2.85. The summed E-state index contributed by atoms with van der Waals surface area (Å²) in [6, 6.07) is -0.937. The maximum Gasteiger partial charge on any atom is 0.325 e. The molecule has 1 heterocycles. The van der Waals surface area contributed by atoms with Gasteiger partial charge in [0.25, 0.3) is 5.91 Å². The second-order valence-electron chi connectivity index (χ2n) is 3.45. The van der Waals surface area contributed by atoms with Crippen molar-refractivity contribution in [3.8, 4) is 0 Å². The third-order valence-electron chi connectivity index (χ3n) is 2.06. The first kappa shape index (κ1) is 12.1. The zero-order valence-electron chi connectivity index (χ0n) is 9.31. The standard InChI is InChI=1S/C10H13N3O3/c1-5-8(4-11-7(3)12-5)9(14)13-6(2)10(15)16/h4,6H,1-3H3,(H,13,14)(H,15,16)/t6-/m1/s1. The van der Waals surface area contributed by atoms with Crippen LogP contribution in [-0.2, 0) is 4.79 Å². The van der Waals surface area contributed by atoms with Gasteiger partial charge in [0.1, 0.15) is 11.9 Å². The minimum atomic E-state index is -1.08. The molecule has 0 aliphatic carbocycles. The molecule has 6 nitrogen and oxygen atoms in total. The van der Waals surface area contributed by atoms with Gasteiger partial charge in [0, 0.05) is 6.20 Å². The first-order chi connectivity index (χ1) is 7.41. The molecule has 0 bridgehead atoms. The molecule has 1 rings (SSSR count). The Morgan fingerprint density at radius 3 is 2.56 bits per heavy atom. The van der Waals surface area contributed by atoms with Gasteiger partial charge in [-0.2, -0.15) is 0 Å². The predicted octanol–water partition coefficient (Wildman–Crippen LogP) is 0.296. The van der Waals surface area contributed by atoms with E-state index in [1.54, 1.807) is 13.8 Å². The molecule has 1 aromatic rings. The molecule has 1 aromatic heterocycles. The zero-order chi connectivity index (χ0) is 12.3. The number of rotatable bonds is 3. The number of nitrogens with one attached hydrogen (secondary N) is 1. The van der Waals surface area contributed by atoms with Crippen molar-refractivity contribution in [3.63, 3.8) is 0 Å². The highest BCUT2D eigenvalue weighted by Gasteiger charge is 2.17. The van der Waals surface area contributed by atoms with Gasteiger partial charge in [-0.25, -0.2) is 9.97 Å². The van der Waals surface area contributed by atoms with E-state index in [-0.39, 0.29) is 0 Å². The molecule has 2 N–H and O–H groups in total. The number of aryl methyl sites for hydroxylation is 2. The molecule has 0 spiro atoms. The van der Waals surface area contributed by atoms with Crippen LogP contribution < -0.4 is 5.32 Å². The number of aliphatic carboxylic acids is 1. The Hall–Kier alpha value is -1.98. The number of carbonyl (C=O) groups is 2. The van der Waals surface area contributed by atoms with Gasteiger partial charge in [-0.15, -0.1) is 0 Å². The smallest absolute Gasteiger partial charge is 0.325 e. The Kier molecular flexibility index (Phi) is 3.55. The summed E-state index contributed by atoms with van der Waals surface area (Å²) in [5.41, 5.74) is 0.821. The van der Waals surface area contributed by atoms with Gasteiger partial charge in [-0.1, -0.05) is 0 Å². The number of amides is 1. The van der Waals surface area contributed by atoms with Crippen LogP contribution in [0.5, 0.6) is 0 Å². The quantitative estimate of drug-likeness (QED) is 0.768. The third kappa shape index (κ3) is 2.75. The highest BCUT2D eigenvalue weighted by atomic mass is 16.4. The lowest BCUT2D eigenvalue weighted by atomic mass is 10.2. The molecule has 0 saturated heterocycles. The fourth-order valence-electron chi connectivity index (χ4n) is 1.14. The normalized spacial score (nSPS) is 11.9. The zero-order valence-corrected chi connectivity index (χ0v) is 9.31. The van der Waals surface area contributed by atoms with Crippen molar-refractivity contribution in [3.05, 3.63) is 23.3 Å². The third-order valence-corrected chi connectivity index (χ3v) is 2.06. The van der Waals surface area contributed by atoms with Gasteiger partial charge in [-0.3, -0.25) is 9.59 Å². The molecule has 0 aliphatic heterocycles. The lowest BCUT2D eigenvalue weighted by Gasteiger charge is -2.10. The molecular formula is C10H13N3O3. The maximum absolute atomic E-state index is 11.6. The van der Waals surface area contributed by atoms with Crippen LogP contribution in [0.4, 0.5) is 0 Å². The highest BCUT2D eigenvalue weighted by Crippen LogP contribution is 2.03. The lowest BCUT2D eigenvalue weighted by Crippen LogP contribution is -2.38. The molecule has 0 saturated carbocycles. The van der Waals surface area contributed by atoms with Crippen LogP contribution in [0.15, 0.2) is 6.20 Å². The van der Waals surface area contributed by atoms with Gasteiger partial charge < -0.3 is 10.4 Å². The summed E-state index contributed by atoms with van der Waals surface area (Å²) in [7, 11) is 0. The van der Waals surface area contributed by atoms with Gasteiger partial charge in [0.2, 0.25) is 0 Å². The van der Waals surface area contributed by atoms with E-state index in [4.69, 9.17) is 5.11 Å². The van der Waals surface area contributed by atoms with E-state index in [2.05, 4.69) is 15.3 Å². The number of nitrogens with zero attached hydrogens (tertiary/aromatic N) is 2. The van der Waals surface area contributed by atoms with Crippen molar-refractivity contribution < 1.29 is 14.7 Å². The molecule has 0 aliphatic rings. The molecule has 0 unspecified atom stereocenters. The van der Waals surface area contributed by atoms with E-state index in [0.717, 1.165) is 0 Å². The predicted molar refractivity (Wildman–Crippen MR) is 56.1 cm³/mol. The van der Waals surface area contributed by atoms with Gasteiger partial charge in [0.05, 0.1) is 11.3 Å². The number of carboxylic acids is 1. The fourth-order valence-corrected chi connectivity index (χ4v) is 1.14. The summed E-state index contributed by atoms with van der Waals surface area (Å²) >= 11 is 0.